The van der Waals surface area contributed by atoms with Gasteiger partial charge in [0.15, 0.2) is 0 Å². The standard InChI is InChI=1S/C24H27N3O4/c1-16-8-10-19-20(14-16)24(29)26(23(19)28)18-9-11-21(22(15-18)27(30)31)25(2)13-12-17-6-4-3-5-7-17/h3-7,9,11,15-16,19-20H,8,10,12-14H2,1-2H3. The highest BCUT2D eigenvalue weighted by Crippen LogP contribution is 2.43. The average molecular weight is 421 g/mol. The van der Waals surface area contributed by atoms with Crippen LogP contribution in [0.2, 0.25) is 0 Å². The molecule has 2 amide bonds. The fourth-order valence-corrected chi connectivity index (χ4v) is 4.83. The lowest BCUT2D eigenvalue weighted by Gasteiger charge is -2.25. The molecule has 4 rings (SSSR count). The minimum absolute atomic E-state index is 0.100. The molecule has 1 aliphatic heterocycles. The van der Waals surface area contributed by atoms with Crippen LogP contribution in [0, 0.1) is 27.9 Å². The minimum Gasteiger partial charge on any atom is -0.369 e. The summed E-state index contributed by atoms with van der Waals surface area (Å²) in [6.45, 7) is 2.70. The Morgan fingerprint density at radius 3 is 2.48 bits per heavy atom. The molecule has 0 aromatic heterocycles. The van der Waals surface area contributed by atoms with Crippen molar-refractivity contribution < 1.29 is 14.5 Å². The van der Waals surface area contributed by atoms with Gasteiger partial charge < -0.3 is 4.90 Å². The fraction of sp³-hybridized carbons (Fsp3) is 0.417. The molecule has 0 N–H and O–H groups in total. The number of benzene rings is 2. The molecular weight excluding hydrogens is 394 g/mol. The molecule has 2 fully saturated rings. The van der Waals surface area contributed by atoms with Gasteiger partial charge in [-0.1, -0.05) is 37.3 Å². The molecule has 2 aliphatic rings. The number of nitro benzene ring substituents is 1. The summed E-state index contributed by atoms with van der Waals surface area (Å²) in [7, 11) is 1.81. The van der Waals surface area contributed by atoms with Gasteiger partial charge >= 0.3 is 0 Å². The highest BCUT2D eigenvalue weighted by Gasteiger charge is 2.50. The topological polar surface area (TPSA) is 83.8 Å². The predicted molar refractivity (Wildman–Crippen MR) is 119 cm³/mol. The molecule has 1 heterocycles. The van der Waals surface area contributed by atoms with Crippen molar-refractivity contribution in [3.05, 3.63) is 64.2 Å². The Bertz CT molecular complexity index is 1010. The van der Waals surface area contributed by atoms with Crippen LogP contribution < -0.4 is 9.80 Å². The van der Waals surface area contributed by atoms with Crippen LogP contribution in [0.15, 0.2) is 48.5 Å². The van der Waals surface area contributed by atoms with Gasteiger partial charge in [-0.25, -0.2) is 4.90 Å². The minimum atomic E-state index is -0.446. The van der Waals surface area contributed by atoms with E-state index in [1.807, 2.05) is 42.3 Å². The second-order valence-electron chi connectivity index (χ2n) is 8.73. The second kappa shape index (κ2) is 8.49. The molecule has 3 unspecified atom stereocenters. The van der Waals surface area contributed by atoms with Crippen LogP contribution in [-0.2, 0) is 16.0 Å². The maximum Gasteiger partial charge on any atom is 0.294 e. The maximum absolute atomic E-state index is 13.0. The zero-order valence-corrected chi connectivity index (χ0v) is 17.9. The number of hydrogen-bond donors (Lipinski definition) is 0. The first-order valence-corrected chi connectivity index (χ1v) is 10.8. The molecule has 2 aromatic rings. The van der Waals surface area contributed by atoms with Gasteiger partial charge in [0.1, 0.15) is 5.69 Å². The van der Waals surface area contributed by atoms with Crippen molar-refractivity contribution >= 4 is 28.9 Å². The summed E-state index contributed by atoms with van der Waals surface area (Å²) in [6, 6.07) is 14.6. The largest absolute Gasteiger partial charge is 0.369 e. The van der Waals surface area contributed by atoms with Crippen molar-refractivity contribution in [2.24, 2.45) is 17.8 Å². The smallest absolute Gasteiger partial charge is 0.294 e. The Morgan fingerprint density at radius 2 is 1.77 bits per heavy atom. The SMILES string of the molecule is CC1CCC2C(=O)N(c3ccc(N(C)CCc4ccccc4)c([N+](=O)[O-])c3)C(=O)C2C1. The van der Waals surface area contributed by atoms with E-state index in [2.05, 4.69) is 6.92 Å². The third kappa shape index (κ3) is 4.04. The van der Waals surface area contributed by atoms with Gasteiger partial charge in [0, 0.05) is 19.7 Å². The Morgan fingerprint density at radius 1 is 1.06 bits per heavy atom. The first kappa shape index (κ1) is 21.0. The highest BCUT2D eigenvalue weighted by atomic mass is 16.6. The Kier molecular flexibility index (Phi) is 5.76. The maximum atomic E-state index is 13.0. The number of imide groups is 1. The van der Waals surface area contributed by atoms with E-state index in [1.165, 1.54) is 11.0 Å². The number of rotatable bonds is 6. The third-order valence-electron chi connectivity index (χ3n) is 6.59. The molecule has 7 heteroatoms. The van der Waals surface area contributed by atoms with Crippen molar-refractivity contribution in [1.82, 2.24) is 0 Å². The number of amides is 2. The quantitative estimate of drug-likeness (QED) is 0.397. The summed E-state index contributed by atoms with van der Waals surface area (Å²) in [4.78, 5) is 40.3. The molecule has 1 saturated carbocycles. The fourth-order valence-electron chi connectivity index (χ4n) is 4.83. The lowest BCUT2D eigenvalue weighted by atomic mass is 9.76. The van der Waals surface area contributed by atoms with Gasteiger partial charge in [0.05, 0.1) is 22.4 Å². The van der Waals surface area contributed by atoms with E-state index in [4.69, 9.17) is 0 Å². The number of nitrogens with zero attached hydrogens (tertiary/aromatic N) is 3. The first-order chi connectivity index (χ1) is 14.9. The Balaban J connectivity index is 1.58. The van der Waals surface area contributed by atoms with Gasteiger partial charge in [-0.2, -0.15) is 0 Å². The predicted octanol–water partition coefficient (Wildman–Crippen LogP) is 4.20. The summed E-state index contributed by atoms with van der Waals surface area (Å²) in [6.07, 6.45) is 3.09. The Labute approximate surface area is 181 Å². The summed E-state index contributed by atoms with van der Waals surface area (Å²) in [5, 5.41) is 11.8. The molecule has 162 valence electrons. The van der Waals surface area contributed by atoms with Gasteiger partial charge in [0.2, 0.25) is 11.8 Å². The van der Waals surface area contributed by atoms with Crippen LogP contribution in [0.1, 0.15) is 31.7 Å². The first-order valence-electron chi connectivity index (χ1n) is 10.8. The summed E-state index contributed by atoms with van der Waals surface area (Å²) in [5.41, 5.74) is 1.81. The van der Waals surface area contributed by atoms with E-state index in [0.717, 1.165) is 18.4 Å². The molecule has 1 saturated heterocycles. The summed E-state index contributed by atoms with van der Waals surface area (Å²) >= 11 is 0. The number of fused-ring (bicyclic) bond motifs is 1. The zero-order valence-electron chi connectivity index (χ0n) is 17.9. The molecule has 31 heavy (non-hydrogen) atoms. The summed E-state index contributed by atoms with van der Waals surface area (Å²) < 4.78 is 0. The van der Waals surface area contributed by atoms with Crippen LogP contribution in [0.25, 0.3) is 0 Å². The molecule has 0 spiro atoms. The van der Waals surface area contributed by atoms with Crippen LogP contribution in [0.4, 0.5) is 17.1 Å². The monoisotopic (exact) mass is 421 g/mol. The van der Waals surface area contributed by atoms with Crippen LogP contribution in [-0.4, -0.2) is 30.3 Å². The van der Waals surface area contributed by atoms with Crippen molar-refractivity contribution in [3.63, 3.8) is 0 Å². The molecule has 1 aliphatic carbocycles. The number of hydrogen-bond acceptors (Lipinski definition) is 5. The van der Waals surface area contributed by atoms with Crippen molar-refractivity contribution in [2.45, 2.75) is 32.6 Å². The van der Waals surface area contributed by atoms with Crippen molar-refractivity contribution in [1.29, 1.82) is 0 Å². The number of likely N-dealkylation sites (N-methyl/N-ethyl adjacent to an activating group) is 1. The van der Waals surface area contributed by atoms with E-state index in [9.17, 15) is 19.7 Å². The normalized spacial score (nSPS) is 23.0. The molecule has 7 nitrogen and oxygen atoms in total. The van der Waals surface area contributed by atoms with E-state index in [1.54, 1.807) is 12.1 Å². The van der Waals surface area contributed by atoms with E-state index in [-0.39, 0.29) is 29.3 Å². The lowest BCUT2D eigenvalue weighted by molar-refractivity contribution is -0.384. The van der Waals surface area contributed by atoms with E-state index < -0.39 is 4.92 Å². The number of anilines is 2. The third-order valence-corrected chi connectivity index (χ3v) is 6.59. The molecule has 3 atom stereocenters. The van der Waals surface area contributed by atoms with Gasteiger partial charge in [-0.05, 0) is 49.3 Å². The highest BCUT2D eigenvalue weighted by molar-refractivity contribution is 6.22. The van der Waals surface area contributed by atoms with Crippen LogP contribution >= 0.6 is 0 Å². The number of nitro groups is 1. The molecular formula is C24H27N3O4. The molecule has 2 aromatic carbocycles. The second-order valence-corrected chi connectivity index (χ2v) is 8.73. The van der Waals surface area contributed by atoms with Gasteiger partial charge in [-0.15, -0.1) is 0 Å². The van der Waals surface area contributed by atoms with E-state index >= 15 is 0 Å². The summed E-state index contributed by atoms with van der Waals surface area (Å²) in [5.74, 6) is -0.630. The zero-order chi connectivity index (χ0) is 22.1. The van der Waals surface area contributed by atoms with Crippen LogP contribution in [0.3, 0.4) is 0 Å². The van der Waals surface area contributed by atoms with Gasteiger partial charge in [-0.3, -0.25) is 19.7 Å². The van der Waals surface area contributed by atoms with E-state index in [0.29, 0.717) is 36.7 Å². The lowest BCUT2D eigenvalue weighted by Crippen LogP contribution is -2.31. The van der Waals surface area contributed by atoms with Crippen molar-refractivity contribution in [3.8, 4) is 0 Å². The number of carbonyl (C=O) groups is 2. The van der Waals surface area contributed by atoms with Crippen molar-refractivity contribution in [2.75, 3.05) is 23.4 Å². The average Bonchev–Trinajstić information content (AvgIpc) is 3.01. The Hall–Kier alpha value is -3.22. The number of carbonyl (C=O) groups excluding carboxylic acids is 2. The molecule has 0 radical (unpaired) electrons. The molecule has 0 bridgehead atoms. The van der Waals surface area contributed by atoms with Crippen LogP contribution in [0.5, 0.6) is 0 Å². The van der Waals surface area contributed by atoms with Gasteiger partial charge in [0.25, 0.3) is 5.69 Å².